The average molecular weight is 338 g/mol. The smallest absolute Gasteiger partial charge is 0.343 e. The first-order valence-electron chi connectivity index (χ1n) is 8.05. The third-order valence-corrected chi connectivity index (χ3v) is 3.91. The van der Waals surface area contributed by atoms with E-state index in [2.05, 4.69) is 15.0 Å². The van der Waals surface area contributed by atoms with Crippen LogP contribution in [0.2, 0.25) is 0 Å². The van der Waals surface area contributed by atoms with Crippen molar-refractivity contribution in [3.8, 4) is 11.4 Å². The highest BCUT2D eigenvalue weighted by Gasteiger charge is 2.18. The molecule has 128 valence electrons. The molecule has 7 heteroatoms. The van der Waals surface area contributed by atoms with E-state index in [-0.39, 0.29) is 12.2 Å². The summed E-state index contributed by atoms with van der Waals surface area (Å²) in [5.74, 6) is -0.122. The van der Waals surface area contributed by atoms with Crippen LogP contribution in [0.5, 0.6) is 0 Å². The van der Waals surface area contributed by atoms with E-state index in [1.807, 2.05) is 19.9 Å². The lowest BCUT2D eigenvalue weighted by Crippen LogP contribution is -2.21. The summed E-state index contributed by atoms with van der Waals surface area (Å²) in [6.07, 6.45) is 6.37. The summed E-state index contributed by atoms with van der Waals surface area (Å²) in [7, 11) is 0. The zero-order valence-electron chi connectivity index (χ0n) is 14.3. The molecule has 0 radical (unpaired) electrons. The summed E-state index contributed by atoms with van der Waals surface area (Å²) in [4.78, 5) is 37.6. The van der Waals surface area contributed by atoms with Gasteiger partial charge in [-0.15, -0.1) is 0 Å². The van der Waals surface area contributed by atoms with Crippen LogP contribution in [0.25, 0.3) is 22.4 Å². The van der Waals surface area contributed by atoms with E-state index in [0.717, 1.165) is 11.1 Å². The second-order valence-corrected chi connectivity index (χ2v) is 5.50. The van der Waals surface area contributed by atoms with Crippen LogP contribution >= 0.6 is 0 Å². The second-order valence-electron chi connectivity index (χ2n) is 5.50. The van der Waals surface area contributed by atoms with Gasteiger partial charge in [0.05, 0.1) is 12.0 Å². The van der Waals surface area contributed by atoms with Gasteiger partial charge in [0.1, 0.15) is 11.2 Å². The van der Waals surface area contributed by atoms with Gasteiger partial charge in [0, 0.05) is 36.9 Å². The second kappa shape index (κ2) is 6.80. The van der Waals surface area contributed by atoms with Crippen LogP contribution in [0, 0.1) is 6.92 Å². The quantitative estimate of drug-likeness (QED) is 0.679. The molecule has 0 spiro atoms. The number of hydrogen-bond donors (Lipinski definition) is 0. The molecule has 3 aromatic rings. The van der Waals surface area contributed by atoms with Crippen molar-refractivity contribution in [2.24, 2.45) is 0 Å². The van der Waals surface area contributed by atoms with Crippen molar-refractivity contribution in [1.82, 2.24) is 19.5 Å². The fourth-order valence-electron chi connectivity index (χ4n) is 2.62. The van der Waals surface area contributed by atoms with Crippen molar-refractivity contribution >= 4 is 17.0 Å². The van der Waals surface area contributed by atoms with Gasteiger partial charge in [-0.25, -0.2) is 14.8 Å². The fourth-order valence-corrected chi connectivity index (χ4v) is 2.62. The monoisotopic (exact) mass is 338 g/mol. The Labute approximate surface area is 144 Å². The highest BCUT2D eigenvalue weighted by atomic mass is 16.5. The fraction of sp³-hybridized carbons (Fsp3) is 0.278. The van der Waals surface area contributed by atoms with Crippen LogP contribution < -0.4 is 5.43 Å². The Hall–Kier alpha value is -3.09. The maximum atomic E-state index is 12.6. The largest absolute Gasteiger partial charge is 0.462 e. The Morgan fingerprint density at radius 3 is 2.76 bits per heavy atom. The highest BCUT2D eigenvalue weighted by Crippen LogP contribution is 2.20. The molecule has 3 heterocycles. The number of ether oxygens (including phenoxy) is 1. The van der Waals surface area contributed by atoms with Crippen LogP contribution in [0.4, 0.5) is 0 Å². The lowest BCUT2D eigenvalue weighted by molar-refractivity contribution is 0.0524. The summed E-state index contributed by atoms with van der Waals surface area (Å²) in [5.41, 5.74) is 1.85. The van der Waals surface area contributed by atoms with Gasteiger partial charge < -0.3 is 9.30 Å². The molecule has 0 fully saturated rings. The van der Waals surface area contributed by atoms with E-state index in [4.69, 9.17) is 4.74 Å². The third kappa shape index (κ3) is 3.00. The minimum atomic E-state index is -0.634. The number of hydrogen-bond acceptors (Lipinski definition) is 6. The Morgan fingerprint density at radius 1 is 1.28 bits per heavy atom. The number of nitrogens with zero attached hydrogens (tertiary/aromatic N) is 4. The summed E-state index contributed by atoms with van der Waals surface area (Å²) in [6.45, 7) is 6.29. The number of carbonyl (C=O) groups excluding carboxylic acids is 1. The zero-order chi connectivity index (χ0) is 18.0. The number of esters is 1. The van der Waals surface area contributed by atoms with Crippen molar-refractivity contribution in [2.75, 3.05) is 6.61 Å². The molecule has 0 atom stereocenters. The molecule has 3 rings (SSSR count). The van der Waals surface area contributed by atoms with Gasteiger partial charge in [0.25, 0.3) is 0 Å². The SMILES string of the molecule is CCOC(=O)c1cn(CC)c2nc(-c3ccncc3C)ncc2c1=O. The Bertz CT molecular complexity index is 1010. The molecule has 0 aliphatic heterocycles. The molecule has 25 heavy (non-hydrogen) atoms. The normalized spacial score (nSPS) is 10.8. The standard InChI is InChI=1S/C18H18N4O3/c1-4-22-10-14(18(24)25-5-2)15(23)13-9-20-16(21-17(13)22)12-6-7-19-8-11(12)3/h6-10H,4-5H2,1-3H3. The van der Waals surface area contributed by atoms with E-state index in [1.54, 1.807) is 23.9 Å². The van der Waals surface area contributed by atoms with Crippen molar-refractivity contribution < 1.29 is 9.53 Å². The molecule has 0 aliphatic carbocycles. The molecule has 0 saturated heterocycles. The molecular weight excluding hydrogens is 320 g/mol. The number of fused-ring (bicyclic) bond motifs is 1. The van der Waals surface area contributed by atoms with Crippen LogP contribution in [-0.4, -0.2) is 32.1 Å². The predicted molar refractivity (Wildman–Crippen MR) is 93.4 cm³/mol. The topological polar surface area (TPSA) is 87.0 Å². The average Bonchev–Trinajstić information content (AvgIpc) is 2.62. The van der Waals surface area contributed by atoms with Gasteiger partial charge in [0.2, 0.25) is 5.43 Å². The summed E-state index contributed by atoms with van der Waals surface area (Å²) < 4.78 is 6.72. The van der Waals surface area contributed by atoms with E-state index < -0.39 is 11.4 Å². The van der Waals surface area contributed by atoms with E-state index >= 15 is 0 Å². The number of aromatic nitrogens is 4. The van der Waals surface area contributed by atoms with Crippen LogP contribution in [-0.2, 0) is 11.3 Å². The van der Waals surface area contributed by atoms with E-state index in [9.17, 15) is 9.59 Å². The van der Waals surface area contributed by atoms with E-state index in [1.165, 1.54) is 12.4 Å². The summed E-state index contributed by atoms with van der Waals surface area (Å²) in [5, 5.41) is 0.294. The first-order chi connectivity index (χ1) is 12.1. The van der Waals surface area contributed by atoms with Crippen LogP contribution in [0.1, 0.15) is 29.8 Å². The van der Waals surface area contributed by atoms with Crippen molar-refractivity contribution in [3.05, 3.63) is 52.2 Å². The molecule has 0 bridgehead atoms. The molecule has 3 aromatic heterocycles. The lowest BCUT2D eigenvalue weighted by Gasteiger charge is -2.11. The zero-order valence-corrected chi connectivity index (χ0v) is 14.3. The molecular formula is C18H18N4O3. The van der Waals surface area contributed by atoms with Crippen molar-refractivity contribution in [1.29, 1.82) is 0 Å². The maximum absolute atomic E-state index is 12.6. The van der Waals surface area contributed by atoms with Gasteiger partial charge in [-0.3, -0.25) is 9.78 Å². The molecule has 0 saturated carbocycles. The van der Waals surface area contributed by atoms with E-state index in [0.29, 0.717) is 23.4 Å². The Kier molecular flexibility index (Phi) is 4.56. The number of rotatable bonds is 4. The minimum Gasteiger partial charge on any atom is -0.462 e. The summed E-state index contributed by atoms with van der Waals surface area (Å²) >= 11 is 0. The number of pyridine rings is 2. The number of aryl methyl sites for hydroxylation is 2. The van der Waals surface area contributed by atoms with Gasteiger partial charge in [-0.1, -0.05) is 0 Å². The molecule has 0 aliphatic rings. The molecule has 0 N–H and O–H groups in total. The number of carbonyl (C=O) groups is 1. The Morgan fingerprint density at radius 2 is 2.08 bits per heavy atom. The van der Waals surface area contributed by atoms with Crippen LogP contribution in [0.3, 0.4) is 0 Å². The predicted octanol–water partition coefficient (Wildman–Crippen LogP) is 2.36. The first kappa shape index (κ1) is 16.8. The highest BCUT2D eigenvalue weighted by molar-refractivity contribution is 5.93. The third-order valence-electron chi connectivity index (χ3n) is 3.91. The molecule has 7 nitrogen and oxygen atoms in total. The minimum absolute atomic E-state index is 0.00681. The first-order valence-corrected chi connectivity index (χ1v) is 8.05. The van der Waals surface area contributed by atoms with Gasteiger partial charge in [-0.05, 0) is 32.4 Å². The molecule has 0 unspecified atom stereocenters. The maximum Gasteiger partial charge on any atom is 0.343 e. The van der Waals surface area contributed by atoms with Gasteiger partial charge >= 0.3 is 5.97 Å². The van der Waals surface area contributed by atoms with Gasteiger partial charge in [-0.2, -0.15) is 0 Å². The Balaban J connectivity index is 2.24. The lowest BCUT2D eigenvalue weighted by atomic mass is 10.1. The molecule has 0 aromatic carbocycles. The summed E-state index contributed by atoms with van der Waals surface area (Å²) in [6, 6.07) is 1.83. The van der Waals surface area contributed by atoms with Crippen molar-refractivity contribution in [3.63, 3.8) is 0 Å². The van der Waals surface area contributed by atoms with Gasteiger partial charge in [0.15, 0.2) is 5.82 Å². The molecule has 0 amide bonds. The van der Waals surface area contributed by atoms with Crippen LogP contribution in [0.15, 0.2) is 35.6 Å². The van der Waals surface area contributed by atoms with Crippen molar-refractivity contribution in [2.45, 2.75) is 27.3 Å².